The number of aryl methyl sites for hydroxylation is 1. The van der Waals surface area contributed by atoms with Crippen LogP contribution in [0.25, 0.3) is 0 Å². The molecule has 2 aromatic rings. The van der Waals surface area contributed by atoms with Gasteiger partial charge < -0.3 is 15.1 Å². The smallest absolute Gasteiger partial charge is 0.157 e. The zero-order valence-electron chi connectivity index (χ0n) is 13.0. The van der Waals surface area contributed by atoms with Crippen LogP contribution in [0.15, 0.2) is 42.5 Å². The van der Waals surface area contributed by atoms with Crippen LogP contribution >= 0.6 is 12.2 Å². The van der Waals surface area contributed by atoms with Gasteiger partial charge in [0.15, 0.2) is 11.5 Å². The van der Waals surface area contributed by atoms with Crippen LogP contribution < -0.4 is 0 Å². The van der Waals surface area contributed by atoms with E-state index in [9.17, 15) is 10.2 Å². The summed E-state index contributed by atoms with van der Waals surface area (Å²) in [6, 6.07) is 13.8. The molecule has 1 heterocycles. The van der Waals surface area contributed by atoms with Gasteiger partial charge in [0.25, 0.3) is 0 Å². The predicted molar refractivity (Wildman–Crippen MR) is 95.9 cm³/mol. The van der Waals surface area contributed by atoms with Crippen molar-refractivity contribution in [1.29, 1.82) is 0 Å². The van der Waals surface area contributed by atoms with E-state index in [0.717, 1.165) is 48.3 Å². The molecule has 0 fully saturated rings. The maximum absolute atomic E-state index is 9.67. The fourth-order valence-electron chi connectivity index (χ4n) is 3.04. The molecule has 0 saturated heterocycles. The molecule has 0 saturated carbocycles. The van der Waals surface area contributed by atoms with Crippen LogP contribution in [-0.2, 0) is 19.4 Å². The van der Waals surface area contributed by atoms with Crippen LogP contribution in [0.4, 0.5) is 0 Å². The molecule has 0 amide bonds. The molecule has 3 nitrogen and oxygen atoms in total. The van der Waals surface area contributed by atoms with Gasteiger partial charge in [-0.05, 0) is 54.5 Å². The number of benzene rings is 2. The Hall–Kier alpha value is -2.07. The standard InChI is InChI=1S/C19H21NO2S/c21-17-11-15-9-10-20(13-16(15)12-18(17)22)19(23)8-4-7-14-5-2-1-3-6-14/h1-3,5-6,11-12,21-22H,4,7-10,13H2. The van der Waals surface area contributed by atoms with E-state index in [-0.39, 0.29) is 11.5 Å². The van der Waals surface area contributed by atoms with Crippen LogP contribution in [0.5, 0.6) is 11.5 Å². The Morgan fingerprint density at radius 2 is 1.74 bits per heavy atom. The predicted octanol–water partition coefficient (Wildman–Crippen LogP) is 3.81. The summed E-state index contributed by atoms with van der Waals surface area (Å²) in [6.07, 6.45) is 3.85. The minimum atomic E-state index is -0.0550. The molecule has 0 aliphatic carbocycles. The first-order valence-corrected chi connectivity index (χ1v) is 8.40. The molecule has 4 heteroatoms. The maximum atomic E-state index is 9.67. The third-order valence-corrected chi connectivity index (χ3v) is 4.82. The van der Waals surface area contributed by atoms with Crippen LogP contribution in [0.3, 0.4) is 0 Å². The van der Waals surface area contributed by atoms with E-state index in [2.05, 4.69) is 29.2 Å². The number of phenols is 2. The summed E-state index contributed by atoms with van der Waals surface area (Å²) in [4.78, 5) is 3.19. The summed E-state index contributed by atoms with van der Waals surface area (Å²) in [7, 11) is 0. The molecule has 3 rings (SSSR count). The highest BCUT2D eigenvalue weighted by Gasteiger charge is 2.20. The van der Waals surface area contributed by atoms with Crippen molar-refractivity contribution < 1.29 is 10.2 Å². The molecule has 1 aliphatic heterocycles. The average molecular weight is 327 g/mol. The lowest BCUT2D eigenvalue weighted by Crippen LogP contribution is -2.34. The third-order valence-electron chi connectivity index (χ3n) is 4.36. The van der Waals surface area contributed by atoms with E-state index < -0.39 is 0 Å². The van der Waals surface area contributed by atoms with E-state index in [4.69, 9.17) is 12.2 Å². The molecule has 2 aromatic carbocycles. The number of hydrogen-bond donors (Lipinski definition) is 2. The van der Waals surface area contributed by atoms with Crippen LogP contribution in [0.1, 0.15) is 29.5 Å². The largest absolute Gasteiger partial charge is 0.504 e. The minimum Gasteiger partial charge on any atom is -0.504 e. The van der Waals surface area contributed by atoms with Crippen molar-refractivity contribution in [3.8, 4) is 11.5 Å². The SMILES string of the molecule is Oc1cc2c(cc1O)CN(C(=S)CCCc1ccccc1)CC2. The Balaban J connectivity index is 1.55. The number of hydrogen-bond acceptors (Lipinski definition) is 3. The molecule has 0 bridgehead atoms. The van der Waals surface area contributed by atoms with E-state index in [0.29, 0.717) is 6.54 Å². The number of phenolic OH excluding ortho intramolecular Hbond substituents is 2. The topological polar surface area (TPSA) is 43.7 Å². The van der Waals surface area contributed by atoms with Gasteiger partial charge in [-0.3, -0.25) is 0 Å². The normalized spacial score (nSPS) is 13.7. The molecule has 0 spiro atoms. The Morgan fingerprint density at radius 1 is 1.04 bits per heavy atom. The van der Waals surface area contributed by atoms with E-state index in [1.165, 1.54) is 5.56 Å². The van der Waals surface area contributed by atoms with Crippen molar-refractivity contribution in [2.45, 2.75) is 32.2 Å². The van der Waals surface area contributed by atoms with Gasteiger partial charge in [-0.15, -0.1) is 0 Å². The third kappa shape index (κ3) is 3.82. The highest BCUT2D eigenvalue weighted by atomic mass is 32.1. The number of rotatable bonds is 4. The first kappa shape index (κ1) is 15.8. The Kier molecular flexibility index (Phi) is 4.82. The summed E-state index contributed by atoms with van der Waals surface area (Å²) in [5.74, 6) is -0.0942. The summed E-state index contributed by atoms with van der Waals surface area (Å²) in [5.41, 5.74) is 3.50. The first-order chi connectivity index (χ1) is 11.1. The van der Waals surface area contributed by atoms with E-state index >= 15 is 0 Å². The molecule has 0 aromatic heterocycles. The number of nitrogens with zero attached hydrogens (tertiary/aromatic N) is 1. The minimum absolute atomic E-state index is 0.0392. The Bertz CT molecular complexity index is 700. The zero-order valence-corrected chi connectivity index (χ0v) is 13.9. The maximum Gasteiger partial charge on any atom is 0.157 e. The second-order valence-corrected chi connectivity index (χ2v) is 6.49. The van der Waals surface area contributed by atoms with Crippen molar-refractivity contribution in [1.82, 2.24) is 4.90 Å². The summed E-state index contributed by atoms with van der Waals surface area (Å²) >= 11 is 5.59. The Morgan fingerprint density at radius 3 is 2.48 bits per heavy atom. The van der Waals surface area contributed by atoms with Gasteiger partial charge in [0.05, 0.1) is 4.99 Å². The lowest BCUT2D eigenvalue weighted by molar-refractivity contribution is 0.377. The van der Waals surface area contributed by atoms with Crippen LogP contribution in [0, 0.1) is 0 Å². The highest BCUT2D eigenvalue weighted by Crippen LogP contribution is 2.31. The fraction of sp³-hybridized carbons (Fsp3) is 0.316. The zero-order chi connectivity index (χ0) is 16.2. The van der Waals surface area contributed by atoms with Crippen molar-refractivity contribution in [3.05, 3.63) is 59.2 Å². The van der Waals surface area contributed by atoms with Gasteiger partial charge >= 0.3 is 0 Å². The van der Waals surface area contributed by atoms with Crippen molar-refractivity contribution >= 4 is 17.2 Å². The summed E-state index contributed by atoms with van der Waals surface area (Å²) in [5, 5.41) is 19.3. The second kappa shape index (κ2) is 7.01. The quantitative estimate of drug-likeness (QED) is 0.662. The molecular formula is C19H21NO2S. The first-order valence-electron chi connectivity index (χ1n) is 7.99. The molecule has 0 atom stereocenters. The molecule has 23 heavy (non-hydrogen) atoms. The number of thiocarbonyl (C=S) groups is 1. The number of fused-ring (bicyclic) bond motifs is 1. The number of aromatic hydroxyl groups is 2. The van der Waals surface area contributed by atoms with Crippen LogP contribution in [0.2, 0.25) is 0 Å². The second-order valence-electron chi connectivity index (χ2n) is 6.01. The molecule has 2 N–H and O–H groups in total. The molecule has 0 radical (unpaired) electrons. The highest BCUT2D eigenvalue weighted by molar-refractivity contribution is 7.80. The lowest BCUT2D eigenvalue weighted by atomic mass is 9.98. The summed E-state index contributed by atoms with van der Waals surface area (Å²) < 4.78 is 0. The lowest BCUT2D eigenvalue weighted by Gasteiger charge is -2.31. The average Bonchev–Trinajstić information content (AvgIpc) is 2.56. The van der Waals surface area contributed by atoms with Gasteiger partial charge in [0.2, 0.25) is 0 Å². The van der Waals surface area contributed by atoms with Crippen LogP contribution in [-0.4, -0.2) is 26.6 Å². The molecular weight excluding hydrogens is 306 g/mol. The monoisotopic (exact) mass is 327 g/mol. The fourth-order valence-corrected chi connectivity index (χ4v) is 3.34. The van der Waals surface area contributed by atoms with Crippen molar-refractivity contribution in [2.24, 2.45) is 0 Å². The van der Waals surface area contributed by atoms with Gasteiger partial charge in [-0.1, -0.05) is 42.5 Å². The van der Waals surface area contributed by atoms with Crippen molar-refractivity contribution in [2.75, 3.05) is 6.54 Å². The van der Waals surface area contributed by atoms with Gasteiger partial charge in [-0.2, -0.15) is 0 Å². The summed E-state index contributed by atoms with van der Waals surface area (Å²) in [6.45, 7) is 1.59. The Labute approximate surface area is 142 Å². The van der Waals surface area contributed by atoms with E-state index in [1.807, 2.05) is 6.07 Å². The van der Waals surface area contributed by atoms with Gasteiger partial charge in [-0.25, -0.2) is 0 Å². The molecule has 120 valence electrons. The van der Waals surface area contributed by atoms with E-state index in [1.54, 1.807) is 12.1 Å². The molecule has 1 aliphatic rings. The van der Waals surface area contributed by atoms with Gasteiger partial charge in [0, 0.05) is 13.1 Å². The van der Waals surface area contributed by atoms with Gasteiger partial charge in [0.1, 0.15) is 0 Å². The molecule has 0 unspecified atom stereocenters. The van der Waals surface area contributed by atoms with Crippen molar-refractivity contribution in [3.63, 3.8) is 0 Å².